The molecule has 96 valence electrons. The summed E-state index contributed by atoms with van der Waals surface area (Å²) in [5.41, 5.74) is 2.11. The Hall–Kier alpha value is -1.82. The molecule has 0 radical (unpaired) electrons. The van der Waals surface area contributed by atoms with Gasteiger partial charge in [0.05, 0.1) is 17.6 Å². The lowest BCUT2D eigenvalue weighted by molar-refractivity contribution is 0.593. The molecule has 1 N–H and O–H groups in total. The molecule has 0 spiro atoms. The van der Waals surface area contributed by atoms with Gasteiger partial charge < -0.3 is 0 Å². The number of sulfonamides is 1. The van der Waals surface area contributed by atoms with Crippen LogP contribution < -0.4 is 4.31 Å². The van der Waals surface area contributed by atoms with E-state index in [9.17, 15) is 8.42 Å². The lowest BCUT2D eigenvalue weighted by atomic mass is 10.2. The molecule has 18 heavy (non-hydrogen) atoms. The average molecular weight is 265 g/mol. The number of H-pyrrole nitrogens is 1. The maximum Gasteiger partial charge on any atom is 0.267 e. The topological polar surface area (TPSA) is 66.1 Å². The standard InChI is InChI=1S/C12H15N3O2S/c1-9-6-4-5-7-11(9)15(3)18(16,17)12-8-13-14-10(12)2/h4-8H,1-3H3,(H,13,14). The summed E-state index contributed by atoms with van der Waals surface area (Å²) in [5.74, 6) is 0. The number of rotatable bonds is 3. The van der Waals surface area contributed by atoms with Crippen LogP contribution in [0.1, 0.15) is 11.3 Å². The summed E-state index contributed by atoms with van der Waals surface area (Å²) in [4.78, 5) is 0.202. The number of aromatic amines is 1. The molecule has 1 aromatic carbocycles. The van der Waals surface area contributed by atoms with Crippen LogP contribution in [-0.2, 0) is 10.0 Å². The molecular weight excluding hydrogens is 250 g/mol. The van der Waals surface area contributed by atoms with Crippen molar-refractivity contribution in [3.8, 4) is 0 Å². The van der Waals surface area contributed by atoms with Gasteiger partial charge in [-0.1, -0.05) is 18.2 Å². The van der Waals surface area contributed by atoms with Crippen LogP contribution in [0.25, 0.3) is 0 Å². The Morgan fingerprint density at radius 3 is 2.44 bits per heavy atom. The Morgan fingerprint density at radius 1 is 1.22 bits per heavy atom. The molecule has 1 heterocycles. The van der Waals surface area contributed by atoms with E-state index in [0.717, 1.165) is 5.56 Å². The summed E-state index contributed by atoms with van der Waals surface area (Å²) in [6.07, 6.45) is 1.33. The molecule has 0 amide bonds. The fraction of sp³-hybridized carbons (Fsp3) is 0.250. The first-order valence-electron chi connectivity index (χ1n) is 5.49. The molecule has 0 saturated heterocycles. The second kappa shape index (κ2) is 4.45. The Balaban J connectivity index is 2.50. The highest BCUT2D eigenvalue weighted by atomic mass is 32.2. The van der Waals surface area contributed by atoms with Gasteiger partial charge in [0.25, 0.3) is 10.0 Å². The molecule has 0 saturated carbocycles. The van der Waals surface area contributed by atoms with Crippen molar-refractivity contribution in [1.29, 1.82) is 0 Å². The largest absolute Gasteiger partial charge is 0.281 e. The van der Waals surface area contributed by atoms with E-state index in [4.69, 9.17) is 0 Å². The maximum atomic E-state index is 12.4. The van der Waals surface area contributed by atoms with Crippen LogP contribution >= 0.6 is 0 Å². The van der Waals surface area contributed by atoms with Gasteiger partial charge in [0.1, 0.15) is 4.90 Å². The molecule has 2 aromatic rings. The second-order valence-electron chi connectivity index (χ2n) is 4.12. The predicted octanol–water partition coefficient (Wildman–Crippen LogP) is 1.85. The highest BCUT2D eigenvalue weighted by molar-refractivity contribution is 7.92. The number of aromatic nitrogens is 2. The Bertz CT molecular complexity index is 661. The van der Waals surface area contributed by atoms with Crippen LogP contribution in [0.15, 0.2) is 35.4 Å². The molecule has 6 heteroatoms. The summed E-state index contributed by atoms with van der Waals surface area (Å²) in [7, 11) is -2.02. The van der Waals surface area contributed by atoms with Crippen molar-refractivity contribution in [2.24, 2.45) is 0 Å². The normalized spacial score (nSPS) is 11.5. The quantitative estimate of drug-likeness (QED) is 0.921. The Morgan fingerprint density at radius 2 is 1.89 bits per heavy atom. The third-order valence-electron chi connectivity index (χ3n) is 2.88. The zero-order valence-electron chi connectivity index (χ0n) is 10.5. The van der Waals surface area contributed by atoms with Gasteiger partial charge in [-0.05, 0) is 25.5 Å². The molecule has 0 bridgehead atoms. The number of benzene rings is 1. The van der Waals surface area contributed by atoms with E-state index >= 15 is 0 Å². The first kappa shape index (κ1) is 12.6. The van der Waals surface area contributed by atoms with Gasteiger partial charge in [-0.15, -0.1) is 0 Å². The molecule has 5 nitrogen and oxygen atoms in total. The first-order valence-corrected chi connectivity index (χ1v) is 6.93. The molecule has 0 unspecified atom stereocenters. The third-order valence-corrected chi connectivity index (χ3v) is 4.76. The first-order chi connectivity index (χ1) is 8.44. The number of hydrogen-bond acceptors (Lipinski definition) is 3. The lowest BCUT2D eigenvalue weighted by Gasteiger charge is -2.20. The molecule has 0 aliphatic heterocycles. The number of anilines is 1. The fourth-order valence-corrected chi connectivity index (χ4v) is 3.17. The molecule has 0 aliphatic rings. The summed E-state index contributed by atoms with van der Waals surface area (Å²) in [6.45, 7) is 3.56. The minimum absolute atomic E-state index is 0.202. The van der Waals surface area contributed by atoms with Crippen molar-refractivity contribution in [3.63, 3.8) is 0 Å². The summed E-state index contributed by atoms with van der Waals surface area (Å²) < 4.78 is 26.1. The van der Waals surface area contributed by atoms with Gasteiger partial charge in [-0.25, -0.2) is 8.42 Å². The highest BCUT2D eigenvalue weighted by Crippen LogP contribution is 2.25. The van der Waals surface area contributed by atoms with E-state index in [2.05, 4.69) is 10.2 Å². The van der Waals surface area contributed by atoms with Gasteiger partial charge in [0, 0.05) is 7.05 Å². The number of nitrogens with one attached hydrogen (secondary N) is 1. The summed E-state index contributed by atoms with van der Waals surface area (Å²) >= 11 is 0. The van der Waals surface area contributed by atoms with E-state index < -0.39 is 10.0 Å². The monoisotopic (exact) mass is 265 g/mol. The van der Waals surface area contributed by atoms with Gasteiger partial charge in [-0.3, -0.25) is 9.40 Å². The molecule has 2 rings (SSSR count). The summed E-state index contributed by atoms with van der Waals surface area (Å²) in [6, 6.07) is 7.35. The Labute approximate surface area is 107 Å². The van der Waals surface area contributed by atoms with Crippen LogP contribution in [0.2, 0.25) is 0 Å². The molecular formula is C12H15N3O2S. The number of aryl methyl sites for hydroxylation is 2. The van der Waals surface area contributed by atoms with Crippen molar-refractivity contribution in [3.05, 3.63) is 41.7 Å². The van der Waals surface area contributed by atoms with Crippen molar-refractivity contribution in [1.82, 2.24) is 10.2 Å². The van der Waals surface area contributed by atoms with Crippen LogP contribution in [0.3, 0.4) is 0 Å². The minimum atomic E-state index is -3.56. The van der Waals surface area contributed by atoms with E-state index in [1.54, 1.807) is 20.0 Å². The molecule has 0 fully saturated rings. The van der Waals surface area contributed by atoms with Crippen molar-refractivity contribution < 1.29 is 8.42 Å². The zero-order valence-corrected chi connectivity index (χ0v) is 11.3. The third kappa shape index (κ3) is 1.99. The van der Waals surface area contributed by atoms with Crippen LogP contribution in [0, 0.1) is 13.8 Å². The highest BCUT2D eigenvalue weighted by Gasteiger charge is 2.25. The smallest absolute Gasteiger partial charge is 0.267 e. The number of nitrogens with zero attached hydrogens (tertiary/aromatic N) is 2. The summed E-state index contributed by atoms with van der Waals surface area (Å²) in [5, 5.41) is 6.40. The van der Waals surface area contributed by atoms with Crippen molar-refractivity contribution >= 4 is 15.7 Å². The van der Waals surface area contributed by atoms with Crippen LogP contribution in [0.5, 0.6) is 0 Å². The average Bonchev–Trinajstić information content (AvgIpc) is 2.76. The minimum Gasteiger partial charge on any atom is -0.281 e. The predicted molar refractivity (Wildman–Crippen MR) is 70.1 cm³/mol. The van der Waals surface area contributed by atoms with E-state index in [0.29, 0.717) is 11.4 Å². The van der Waals surface area contributed by atoms with Gasteiger partial charge >= 0.3 is 0 Å². The van der Waals surface area contributed by atoms with E-state index in [1.807, 2.05) is 25.1 Å². The maximum absolute atomic E-state index is 12.4. The van der Waals surface area contributed by atoms with Crippen LogP contribution in [0.4, 0.5) is 5.69 Å². The van der Waals surface area contributed by atoms with Gasteiger partial charge in [0.15, 0.2) is 0 Å². The van der Waals surface area contributed by atoms with Crippen molar-refractivity contribution in [2.45, 2.75) is 18.7 Å². The SMILES string of the molecule is Cc1ccccc1N(C)S(=O)(=O)c1cn[nH]c1C. The van der Waals surface area contributed by atoms with Gasteiger partial charge in [-0.2, -0.15) is 5.10 Å². The molecule has 1 aromatic heterocycles. The Kier molecular flexibility index (Phi) is 3.13. The molecule has 0 aliphatic carbocycles. The van der Waals surface area contributed by atoms with Crippen LogP contribution in [-0.4, -0.2) is 25.7 Å². The van der Waals surface area contributed by atoms with E-state index in [1.165, 1.54) is 10.5 Å². The number of para-hydroxylation sites is 1. The lowest BCUT2D eigenvalue weighted by Crippen LogP contribution is -2.27. The van der Waals surface area contributed by atoms with Crippen molar-refractivity contribution in [2.75, 3.05) is 11.4 Å². The fourth-order valence-electron chi connectivity index (χ4n) is 1.79. The van der Waals surface area contributed by atoms with Gasteiger partial charge in [0.2, 0.25) is 0 Å². The molecule has 0 atom stereocenters. The second-order valence-corrected chi connectivity index (χ2v) is 6.06. The zero-order chi connectivity index (χ0) is 13.3. The number of hydrogen-bond donors (Lipinski definition) is 1. The van der Waals surface area contributed by atoms with E-state index in [-0.39, 0.29) is 4.90 Å².